The quantitative estimate of drug-likeness (QED) is 0.136. The fourth-order valence-electron chi connectivity index (χ4n) is 6.19. The van der Waals surface area contributed by atoms with Crippen LogP contribution in [0.3, 0.4) is 0 Å². The van der Waals surface area contributed by atoms with Crippen LogP contribution in [-0.4, -0.2) is 63.3 Å². The van der Waals surface area contributed by atoms with Gasteiger partial charge in [0.15, 0.2) is 5.78 Å². The molecule has 3 aromatic carbocycles. The summed E-state index contributed by atoms with van der Waals surface area (Å²) in [4.78, 5) is 21.6. The van der Waals surface area contributed by atoms with E-state index < -0.39 is 0 Å². The van der Waals surface area contributed by atoms with Crippen LogP contribution in [-0.2, 0) is 16.1 Å². The van der Waals surface area contributed by atoms with Crippen molar-refractivity contribution in [2.45, 2.75) is 54.0 Å². The number of allylic oxidation sites excluding steroid dienone is 1. The molecular weight excluding hydrogens is 640 g/mol. The first-order chi connectivity index (χ1) is 24.7. The second-order valence-corrected chi connectivity index (χ2v) is 13.4. The number of halogens is 1. The number of anilines is 2. The van der Waals surface area contributed by atoms with Crippen LogP contribution in [0.4, 0.5) is 15.9 Å². The van der Waals surface area contributed by atoms with E-state index in [2.05, 4.69) is 57.9 Å². The van der Waals surface area contributed by atoms with E-state index in [0.717, 1.165) is 101 Å². The fourth-order valence-corrected chi connectivity index (χ4v) is 6.19. The van der Waals surface area contributed by atoms with Gasteiger partial charge in [0, 0.05) is 48.1 Å². The maximum atomic E-state index is 13.5. The van der Waals surface area contributed by atoms with Crippen LogP contribution in [0.25, 0.3) is 21.8 Å². The van der Waals surface area contributed by atoms with Crippen LogP contribution in [0.2, 0.25) is 0 Å². The number of nitrogens with one attached hydrogen (secondary N) is 1. The Bertz CT molecular complexity index is 2000. The first-order valence-corrected chi connectivity index (χ1v) is 17.9. The molecule has 2 atom stereocenters. The highest BCUT2D eigenvalue weighted by molar-refractivity contribution is 5.92. The lowest BCUT2D eigenvalue weighted by molar-refractivity contribution is -0.112. The molecule has 2 unspecified atom stereocenters. The summed E-state index contributed by atoms with van der Waals surface area (Å²) in [5.41, 5.74) is 4.53. The molecule has 2 aliphatic rings. The smallest absolute Gasteiger partial charge is 0.152 e. The molecule has 0 radical (unpaired) electrons. The van der Waals surface area contributed by atoms with Crippen molar-refractivity contribution in [1.82, 2.24) is 24.6 Å². The van der Waals surface area contributed by atoms with Gasteiger partial charge in [-0.3, -0.25) is 14.4 Å². The number of hydrogen-bond acceptors (Lipinski definition) is 7. The van der Waals surface area contributed by atoms with E-state index in [1.54, 1.807) is 25.4 Å². The molecule has 0 bridgehead atoms. The summed E-state index contributed by atoms with van der Waals surface area (Å²) >= 11 is 0. The van der Waals surface area contributed by atoms with Gasteiger partial charge in [-0.1, -0.05) is 57.7 Å². The third-order valence-corrected chi connectivity index (χ3v) is 9.53. The SMILES string of the molecule is CC(=O)/C=C/CN1CCOCC1.CC1CC(C)C1C.CCC#Cc1ccc2ncnc(Nc3ccc4c(cnn4Cc4cccc(F)c4)c3)c2c1. The zero-order valence-electron chi connectivity index (χ0n) is 30.4. The third kappa shape index (κ3) is 10.8. The zero-order valence-corrected chi connectivity index (χ0v) is 30.4. The van der Waals surface area contributed by atoms with Crippen molar-refractivity contribution >= 4 is 39.1 Å². The van der Waals surface area contributed by atoms with E-state index in [1.807, 2.05) is 66.3 Å². The summed E-state index contributed by atoms with van der Waals surface area (Å²) in [6.07, 6.45) is 9.17. The predicted molar refractivity (Wildman–Crippen MR) is 204 cm³/mol. The summed E-state index contributed by atoms with van der Waals surface area (Å²) in [7, 11) is 0. The van der Waals surface area contributed by atoms with Crippen LogP contribution < -0.4 is 5.32 Å². The molecule has 8 nitrogen and oxygen atoms in total. The lowest BCUT2D eigenvalue weighted by atomic mass is 9.68. The van der Waals surface area contributed by atoms with E-state index in [4.69, 9.17) is 4.74 Å². The number of fused-ring (bicyclic) bond motifs is 2. The molecule has 0 spiro atoms. The van der Waals surface area contributed by atoms with E-state index >= 15 is 0 Å². The summed E-state index contributed by atoms with van der Waals surface area (Å²) in [5, 5.41) is 9.79. The Kier molecular flexibility index (Phi) is 13.4. The average molecular weight is 689 g/mol. The molecule has 2 aromatic heterocycles. The summed E-state index contributed by atoms with van der Waals surface area (Å²) in [5.74, 6) is 9.87. The first kappa shape index (κ1) is 37.3. The van der Waals surface area contributed by atoms with Gasteiger partial charge in [0.25, 0.3) is 0 Å². The molecule has 1 aliphatic heterocycles. The topological polar surface area (TPSA) is 85.2 Å². The second kappa shape index (κ2) is 18.4. The zero-order chi connectivity index (χ0) is 36.2. The number of ketones is 1. The number of carbonyl (C=O) groups is 1. The van der Waals surface area contributed by atoms with Crippen molar-refractivity contribution < 1.29 is 13.9 Å². The minimum absolute atomic E-state index is 0.114. The molecule has 1 saturated carbocycles. The number of morpholine rings is 1. The minimum Gasteiger partial charge on any atom is -0.379 e. The van der Waals surface area contributed by atoms with Gasteiger partial charge in [-0.25, -0.2) is 14.4 Å². The molecule has 1 N–H and O–H groups in total. The molecule has 7 rings (SSSR count). The maximum Gasteiger partial charge on any atom is 0.152 e. The lowest BCUT2D eigenvalue weighted by Crippen LogP contribution is -2.36. The Hall–Kier alpha value is -4.91. The standard InChI is InChI=1S/C26H20FN5.C9H15NO2.C7H14/c1-2-3-5-18-8-10-24-23(13-18)26(29-17-28-24)31-22-9-11-25-20(14-22)15-30-32(25)16-19-6-4-7-21(27)12-19;1-9(11)3-2-4-10-5-7-12-8-6-10;1-5-4-6(2)7(5)3/h4,6-15,17H,2,16H2,1H3,(H,28,29,31);2-3H,4-8H2,1H3;5-7H,4H2,1-3H3/b;3-2+;. The highest BCUT2D eigenvalue weighted by Crippen LogP contribution is 2.38. The van der Waals surface area contributed by atoms with Crippen molar-refractivity contribution in [1.29, 1.82) is 0 Å². The molecule has 51 heavy (non-hydrogen) atoms. The van der Waals surface area contributed by atoms with Crippen LogP contribution >= 0.6 is 0 Å². The Labute approximate surface area is 301 Å². The summed E-state index contributed by atoms with van der Waals surface area (Å²) in [6, 6.07) is 18.5. The number of rotatable bonds is 7. The Morgan fingerprint density at radius 3 is 2.53 bits per heavy atom. The fraction of sp³-hybridized carbons (Fsp3) is 0.381. The molecule has 0 amide bonds. The van der Waals surface area contributed by atoms with Gasteiger partial charge >= 0.3 is 0 Å². The van der Waals surface area contributed by atoms with Crippen LogP contribution in [0.15, 0.2) is 85.3 Å². The van der Waals surface area contributed by atoms with E-state index in [1.165, 1.54) is 18.6 Å². The predicted octanol–water partition coefficient (Wildman–Crippen LogP) is 8.43. The number of benzene rings is 3. The monoisotopic (exact) mass is 688 g/mol. The first-order valence-electron chi connectivity index (χ1n) is 17.9. The minimum atomic E-state index is -0.244. The van der Waals surface area contributed by atoms with Gasteiger partial charge in [-0.15, -0.1) is 0 Å². The van der Waals surface area contributed by atoms with Crippen molar-refractivity contribution in [3.63, 3.8) is 0 Å². The lowest BCUT2D eigenvalue weighted by Gasteiger charge is -2.38. The molecule has 1 aliphatic carbocycles. The number of nitrogens with zero attached hydrogens (tertiary/aromatic N) is 5. The van der Waals surface area contributed by atoms with E-state index in [0.29, 0.717) is 6.54 Å². The van der Waals surface area contributed by atoms with Gasteiger partial charge in [-0.2, -0.15) is 5.10 Å². The molecule has 5 aromatic rings. The number of hydrogen-bond donors (Lipinski definition) is 1. The number of aromatic nitrogens is 4. The second-order valence-electron chi connectivity index (χ2n) is 13.4. The molecule has 9 heteroatoms. The molecule has 2 fully saturated rings. The molecular formula is C42H49FN6O2. The third-order valence-electron chi connectivity index (χ3n) is 9.53. The average Bonchev–Trinajstić information content (AvgIpc) is 3.53. The van der Waals surface area contributed by atoms with Gasteiger partial charge < -0.3 is 10.1 Å². The van der Waals surface area contributed by atoms with E-state index in [-0.39, 0.29) is 11.6 Å². The van der Waals surface area contributed by atoms with Gasteiger partial charge in [0.2, 0.25) is 0 Å². The normalized spacial score (nSPS) is 18.5. The van der Waals surface area contributed by atoms with Crippen molar-refractivity contribution in [3.05, 3.63) is 102 Å². The number of ether oxygens (including phenoxy) is 1. The van der Waals surface area contributed by atoms with Crippen molar-refractivity contribution in [2.24, 2.45) is 17.8 Å². The van der Waals surface area contributed by atoms with Gasteiger partial charge in [0.1, 0.15) is 18.0 Å². The van der Waals surface area contributed by atoms with Crippen LogP contribution in [0.1, 0.15) is 58.6 Å². The Morgan fingerprint density at radius 1 is 1.04 bits per heavy atom. The largest absolute Gasteiger partial charge is 0.379 e. The summed E-state index contributed by atoms with van der Waals surface area (Å²) in [6.45, 7) is 15.6. The van der Waals surface area contributed by atoms with Gasteiger partial charge in [-0.05, 0) is 91.3 Å². The maximum absolute atomic E-state index is 13.5. The number of carbonyl (C=O) groups excluding carboxylic acids is 1. The molecule has 1 saturated heterocycles. The highest BCUT2D eigenvalue weighted by atomic mass is 19.1. The van der Waals surface area contributed by atoms with Crippen molar-refractivity contribution in [2.75, 3.05) is 38.2 Å². The molecule has 266 valence electrons. The molecule has 3 heterocycles. The Morgan fingerprint density at radius 2 is 1.84 bits per heavy atom. The Balaban J connectivity index is 0.000000216. The van der Waals surface area contributed by atoms with E-state index in [9.17, 15) is 9.18 Å². The van der Waals surface area contributed by atoms with Crippen LogP contribution in [0.5, 0.6) is 0 Å². The van der Waals surface area contributed by atoms with Crippen LogP contribution in [0, 0.1) is 35.4 Å². The van der Waals surface area contributed by atoms with Crippen molar-refractivity contribution in [3.8, 4) is 11.8 Å². The summed E-state index contributed by atoms with van der Waals surface area (Å²) < 4.78 is 20.6. The highest BCUT2D eigenvalue weighted by Gasteiger charge is 2.29. The van der Waals surface area contributed by atoms with Gasteiger partial charge in [0.05, 0.1) is 37.0 Å².